The molecule has 1 unspecified atom stereocenters. The SMILES string of the molecule is CCc1cc(C(=O)N2CCCCC2CCO)cc(Cl)n1. The van der Waals surface area contributed by atoms with Gasteiger partial charge in [0.1, 0.15) is 5.15 Å². The van der Waals surface area contributed by atoms with Gasteiger partial charge in [0.2, 0.25) is 0 Å². The maximum atomic E-state index is 12.7. The van der Waals surface area contributed by atoms with E-state index < -0.39 is 0 Å². The summed E-state index contributed by atoms with van der Waals surface area (Å²) in [6.07, 6.45) is 4.50. The number of piperidine rings is 1. The standard InChI is InChI=1S/C15H21ClN2O2/c1-2-12-9-11(10-14(16)17-12)15(20)18-7-4-3-5-13(18)6-8-19/h9-10,13,19H,2-8H2,1H3. The summed E-state index contributed by atoms with van der Waals surface area (Å²) in [7, 11) is 0. The molecule has 110 valence electrons. The van der Waals surface area contributed by atoms with Crippen LogP contribution < -0.4 is 0 Å². The van der Waals surface area contributed by atoms with E-state index >= 15 is 0 Å². The van der Waals surface area contributed by atoms with Gasteiger partial charge in [-0.3, -0.25) is 4.79 Å². The zero-order valence-corrected chi connectivity index (χ0v) is 12.6. The molecular weight excluding hydrogens is 276 g/mol. The van der Waals surface area contributed by atoms with Crippen molar-refractivity contribution in [2.45, 2.75) is 45.1 Å². The number of pyridine rings is 1. The summed E-state index contributed by atoms with van der Waals surface area (Å²) >= 11 is 5.99. The third kappa shape index (κ3) is 3.49. The van der Waals surface area contributed by atoms with Crippen molar-refractivity contribution in [2.75, 3.05) is 13.2 Å². The smallest absolute Gasteiger partial charge is 0.254 e. The second-order valence-electron chi connectivity index (χ2n) is 5.18. The van der Waals surface area contributed by atoms with E-state index in [2.05, 4.69) is 4.98 Å². The first-order valence-electron chi connectivity index (χ1n) is 7.24. The number of aryl methyl sites for hydroxylation is 1. The first-order chi connectivity index (χ1) is 9.65. The van der Waals surface area contributed by atoms with Crippen LogP contribution >= 0.6 is 11.6 Å². The summed E-state index contributed by atoms with van der Waals surface area (Å²) in [6, 6.07) is 3.59. The number of likely N-dealkylation sites (tertiary alicyclic amines) is 1. The molecule has 1 amide bonds. The average molecular weight is 297 g/mol. The maximum absolute atomic E-state index is 12.7. The second kappa shape index (κ2) is 7.04. The predicted molar refractivity (Wildman–Crippen MR) is 79.0 cm³/mol. The first-order valence-corrected chi connectivity index (χ1v) is 7.61. The Balaban J connectivity index is 2.22. The van der Waals surface area contributed by atoms with Gasteiger partial charge in [-0.05, 0) is 44.2 Å². The topological polar surface area (TPSA) is 53.4 Å². The van der Waals surface area contributed by atoms with Crippen molar-refractivity contribution in [2.24, 2.45) is 0 Å². The molecule has 1 N–H and O–H groups in total. The number of aliphatic hydroxyl groups excluding tert-OH is 1. The number of amides is 1. The third-order valence-electron chi connectivity index (χ3n) is 3.81. The van der Waals surface area contributed by atoms with Gasteiger partial charge in [0.25, 0.3) is 5.91 Å². The van der Waals surface area contributed by atoms with E-state index in [1.807, 2.05) is 17.9 Å². The molecule has 1 aromatic heterocycles. The number of carbonyl (C=O) groups excluding carboxylic acids is 1. The Morgan fingerprint density at radius 3 is 3.00 bits per heavy atom. The highest BCUT2D eigenvalue weighted by Gasteiger charge is 2.27. The molecule has 0 bridgehead atoms. The minimum Gasteiger partial charge on any atom is -0.396 e. The van der Waals surface area contributed by atoms with E-state index in [1.165, 1.54) is 0 Å². The van der Waals surface area contributed by atoms with Gasteiger partial charge < -0.3 is 10.0 Å². The molecule has 0 radical (unpaired) electrons. The highest BCUT2D eigenvalue weighted by molar-refractivity contribution is 6.29. The van der Waals surface area contributed by atoms with Crippen molar-refractivity contribution in [1.82, 2.24) is 9.88 Å². The second-order valence-corrected chi connectivity index (χ2v) is 5.57. The van der Waals surface area contributed by atoms with Gasteiger partial charge >= 0.3 is 0 Å². The molecule has 20 heavy (non-hydrogen) atoms. The first kappa shape index (κ1) is 15.3. The van der Waals surface area contributed by atoms with Gasteiger partial charge in [-0.15, -0.1) is 0 Å². The van der Waals surface area contributed by atoms with Crippen molar-refractivity contribution in [1.29, 1.82) is 0 Å². The molecule has 1 atom stereocenters. The molecule has 1 aliphatic rings. The zero-order valence-electron chi connectivity index (χ0n) is 11.8. The molecule has 2 heterocycles. The van der Waals surface area contributed by atoms with Crippen molar-refractivity contribution in [3.05, 3.63) is 28.5 Å². The molecule has 1 fully saturated rings. The highest BCUT2D eigenvalue weighted by Crippen LogP contribution is 2.23. The Kier molecular flexibility index (Phi) is 5.38. The number of rotatable bonds is 4. The fourth-order valence-electron chi connectivity index (χ4n) is 2.74. The van der Waals surface area contributed by atoms with E-state index in [-0.39, 0.29) is 18.6 Å². The third-order valence-corrected chi connectivity index (χ3v) is 4.00. The highest BCUT2D eigenvalue weighted by atomic mass is 35.5. The average Bonchev–Trinajstić information content (AvgIpc) is 2.46. The molecule has 2 rings (SSSR count). The normalized spacial score (nSPS) is 19.1. The molecule has 0 saturated carbocycles. The van der Waals surface area contributed by atoms with Crippen LogP contribution in [-0.2, 0) is 6.42 Å². The number of halogens is 1. The van der Waals surface area contributed by atoms with Crippen LogP contribution in [0.15, 0.2) is 12.1 Å². The number of aromatic nitrogens is 1. The number of hydrogen-bond donors (Lipinski definition) is 1. The molecule has 1 aliphatic heterocycles. The van der Waals surface area contributed by atoms with E-state index in [9.17, 15) is 4.79 Å². The van der Waals surface area contributed by atoms with Gasteiger partial charge in [0, 0.05) is 30.5 Å². The van der Waals surface area contributed by atoms with Crippen LogP contribution in [0.3, 0.4) is 0 Å². The minimum absolute atomic E-state index is 0.00199. The van der Waals surface area contributed by atoms with Gasteiger partial charge in [-0.2, -0.15) is 0 Å². The van der Waals surface area contributed by atoms with Crippen LogP contribution in [0.2, 0.25) is 5.15 Å². The zero-order chi connectivity index (χ0) is 14.5. The van der Waals surface area contributed by atoms with Crippen LogP contribution in [0.25, 0.3) is 0 Å². The van der Waals surface area contributed by atoms with Crippen LogP contribution in [0.1, 0.15) is 48.7 Å². The Hall–Kier alpha value is -1.13. The summed E-state index contributed by atoms with van der Waals surface area (Å²) < 4.78 is 0. The monoisotopic (exact) mass is 296 g/mol. The Morgan fingerprint density at radius 1 is 1.50 bits per heavy atom. The molecule has 0 aromatic carbocycles. The fourth-order valence-corrected chi connectivity index (χ4v) is 2.96. The van der Waals surface area contributed by atoms with E-state index in [0.29, 0.717) is 17.1 Å². The lowest BCUT2D eigenvalue weighted by atomic mass is 9.98. The van der Waals surface area contributed by atoms with Gasteiger partial charge in [0.15, 0.2) is 0 Å². The largest absolute Gasteiger partial charge is 0.396 e. The van der Waals surface area contributed by atoms with Crippen LogP contribution in [0.5, 0.6) is 0 Å². The van der Waals surface area contributed by atoms with E-state index in [1.54, 1.807) is 6.07 Å². The minimum atomic E-state index is 0.00199. The molecule has 1 saturated heterocycles. The number of aliphatic hydroxyl groups is 1. The Bertz CT molecular complexity index is 477. The predicted octanol–water partition coefficient (Wildman–Crippen LogP) is 2.67. The van der Waals surface area contributed by atoms with Crippen molar-refractivity contribution < 1.29 is 9.90 Å². The summed E-state index contributed by atoms with van der Waals surface area (Å²) in [5.74, 6) is 0.00199. The van der Waals surface area contributed by atoms with E-state index in [4.69, 9.17) is 16.7 Å². The summed E-state index contributed by atoms with van der Waals surface area (Å²) in [4.78, 5) is 18.7. The van der Waals surface area contributed by atoms with Crippen LogP contribution in [0, 0.1) is 0 Å². The van der Waals surface area contributed by atoms with Gasteiger partial charge in [-0.25, -0.2) is 4.98 Å². The summed E-state index contributed by atoms with van der Waals surface area (Å²) in [6.45, 7) is 2.86. The Morgan fingerprint density at radius 2 is 2.30 bits per heavy atom. The molecule has 4 nitrogen and oxygen atoms in total. The maximum Gasteiger partial charge on any atom is 0.254 e. The lowest BCUT2D eigenvalue weighted by Gasteiger charge is -2.35. The lowest BCUT2D eigenvalue weighted by Crippen LogP contribution is -2.44. The Labute approximate surface area is 124 Å². The van der Waals surface area contributed by atoms with Crippen LogP contribution in [-0.4, -0.2) is 40.1 Å². The molecule has 0 spiro atoms. The quantitative estimate of drug-likeness (QED) is 0.869. The van der Waals surface area contributed by atoms with Crippen molar-refractivity contribution in [3.8, 4) is 0 Å². The fraction of sp³-hybridized carbons (Fsp3) is 0.600. The molecular formula is C15H21ClN2O2. The number of hydrogen-bond acceptors (Lipinski definition) is 3. The number of nitrogens with zero attached hydrogens (tertiary/aromatic N) is 2. The van der Waals surface area contributed by atoms with E-state index in [0.717, 1.165) is 37.9 Å². The molecule has 5 heteroatoms. The molecule has 1 aromatic rings. The summed E-state index contributed by atoms with van der Waals surface area (Å²) in [5.41, 5.74) is 1.43. The van der Waals surface area contributed by atoms with Crippen molar-refractivity contribution >= 4 is 17.5 Å². The summed E-state index contributed by atoms with van der Waals surface area (Å²) in [5, 5.41) is 9.51. The van der Waals surface area contributed by atoms with Gasteiger partial charge in [0.05, 0.1) is 0 Å². The lowest BCUT2D eigenvalue weighted by molar-refractivity contribution is 0.0574. The van der Waals surface area contributed by atoms with Crippen molar-refractivity contribution in [3.63, 3.8) is 0 Å². The van der Waals surface area contributed by atoms with Crippen LogP contribution in [0.4, 0.5) is 0 Å². The number of carbonyl (C=O) groups is 1. The molecule has 0 aliphatic carbocycles. The van der Waals surface area contributed by atoms with Gasteiger partial charge in [-0.1, -0.05) is 18.5 Å².